The third-order valence-corrected chi connectivity index (χ3v) is 2.47. The van der Waals surface area contributed by atoms with E-state index in [-0.39, 0.29) is 4.95 Å². The smallest absolute Gasteiger partial charge is 0.101 e. The lowest BCUT2D eigenvalue weighted by atomic mass is 10.1. The second-order valence-corrected chi connectivity index (χ2v) is 3.91. The Kier molecular flexibility index (Phi) is 2.54. The molecular weight excluding hydrogens is 228 g/mol. The third kappa shape index (κ3) is 2.04. The number of allylic oxidation sites excluding steroid dienone is 3. The number of hydrogen-bond acceptors (Lipinski definition) is 2. The summed E-state index contributed by atoms with van der Waals surface area (Å²) in [6.45, 7) is 0.921. The molecule has 0 spiro atoms. The Balaban J connectivity index is 2.16. The van der Waals surface area contributed by atoms with Crippen LogP contribution in [0.4, 0.5) is 0 Å². The Morgan fingerprint density at radius 3 is 3.08 bits per heavy atom. The van der Waals surface area contributed by atoms with Gasteiger partial charge in [-0.25, -0.2) is 0 Å². The minimum atomic E-state index is 0.240. The maximum atomic E-state index is 3.48. The second-order valence-electron chi connectivity index (χ2n) is 2.92. The minimum absolute atomic E-state index is 0.240. The summed E-state index contributed by atoms with van der Waals surface area (Å²) < 4.78 is 0. The molecule has 3 heteroatoms. The first-order valence-corrected chi connectivity index (χ1v) is 5.17. The van der Waals surface area contributed by atoms with Gasteiger partial charge < -0.3 is 10.6 Å². The average Bonchev–Trinajstić information content (AvgIpc) is 2.19. The Hall–Kier alpha value is -0.960. The van der Waals surface area contributed by atoms with Gasteiger partial charge in [0, 0.05) is 24.0 Å². The maximum absolute atomic E-state index is 3.48. The molecule has 0 aromatic rings. The van der Waals surface area contributed by atoms with Crippen molar-refractivity contribution in [1.29, 1.82) is 0 Å². The number of hydrogen-bond donors (Lipinski definition) is 2. The molecule has 0 saturated carbocycles. The van der Waals surface area contributed by atoms with Gasteiger partial charge in [0.15, 0.2) is 0 Å². The van der Waals surface area contributed by atoms with Crippen molar-refractivity contribution in [2.24, 2.45) is 0 Å². The number of nitrogens with one attached hydrogen (secondary N) is 2. The van der Waals surface area contributed by atoms with E-state index in [1.807, 2.05) is 6.20 Å². The van der Waals surface area contributed by atoms with Gasteiger partial charge in [-0.2, -0.15) is 0 Å². The molecule has 0 fully saturated rings. The molecule has 68 valence electrons. The Labute approximate surface area is 86.2 Å². The lowest BCUT2D eigenvalue weighted by Crippen LogP contribution is -2.25. The van der Waals surface area contributed by atoms with Gasteiger partial charge >= 0.3 is 0 Å². The summed E-state index contributed by atoms with van der Waals surface area (Å²) in [6.07, 6.45) is 12.4. The molecule has 0 bridgehead atoms. The lowest BCUT2D eigenvalue weighted by molar-refractivity contribution is 0.855. The van der Waals surface area contributed by atoms with Crippen LogP contribution in [0.1, 0.15) is 0 Å². The molecular formula is C10H11BrN2. The first-order valence-electron chi connectivity index (χ1n) is 4.26. The predicted molar refractivity (Wildman–Crippen MR) is 58.3 cm³/mol. The molecule has 2 aliphatic rings. The lowest BCUT2D eigenvalue weighted by Gasteiger charge is -2.19. The van der Waals surface area contributed by atoms with Crippen LogP contribution in [0.5, 0.6) is 0 Å². The van der Waals surface area contributed by atoms with Crippen molar-refractivity contribution < 1.29 is 0 Å². The number of rotatable bonds is 1. The van der Waals surface area contributed by atoms with E-state index in [0.717, 1.165) is 12.2 Å². The van der Waals surface area contributed by atoms with Gasteiger partial charge in [0.2, 0.25) is 0 Å². The van der Waals surface area contributed by atoms with Crippen molar-refractivity contribution in [3.63, 3.8) is 0 Å². The van der Waals surface area contributed by atoms with Gasteiger partial charge in [-0.15, -0.1) is 0 Å². The number of dihydropyridines is 2. The Bertz CT molecular complexity index is 313. The van der Waals surface area contributed by atoms with Crippen LogP contribution in [0, 0.1) is 0 Å². The monoisotopic (exact) mass is 238 g/mol. The third-order valence-electron chi connectivity index (χ3n) is 1.94. The summed E-state index contributed by atoms with van der Waals surface area (Å²) >= 11 is 3.48. The summed E-state index contributed by atoms with van der Waals surface area (Å²) in [5.74, 6) is 0. The van der Waals surface area contributed by atoms with E-state index in [1.165, 1.54) is 5.57 Å². The zero-order valence-corrected chi connectivity index (χ0v) is 8.71. The topological polar surface area (TPSA) is 24.1 Å². The van der Waals surface area contributed by atoms with E-state index in [4.69, 9.17) is 0 Å². The highest BCUT2D eigenvalue weighted by Gasteiger charge is 2.09. The normalized spacial score (nSPS) is 25.8. The summed E-state index contributed by atoms with van der Waals surface area (Å²) in [6, 6.07) is 0. The minimum Gasteiger partial charge on any atom is -0.387 e. The van der Waals surface area contributed by atoms with Gasteiger partial charge in [-0.3, -0.25) is 0 Å². The van der Waals surface area contributed by atoms with Gasteiger partial charge in [0.25, 0.3) is 0 Å². The molecule has 0 radical (unpaired) electrons. The van der Waals surface area contributed by atoms with Gasteiger partial charge in [0.05, 0.1) is 0 Å². The van der Waals surface area contributed by atoms with Gasteiger partial charge in [-0.1, -0.05) is 40.2 Å². The summed E-state index contributed by atoms with van der Waals surface area (Å²) in [5.41, 5.74) is 2.34. The van der Waals surface area contributed by atoms with Crippen LogP contribution in [-0.4, -0.2) is 11.5 Å². The molecule has 0 aromatic carbocycles. The molecule has 2 heterocycles. The average molecular weight is 239 g/mol. The largest absolute Gasteiger partial charge is 0.387 e. The van der Waals surface area contributed by atoms with E-state index in [1.54, 1.807) is 0 Å². The standard InChI is InChI=1S/C10H11BrN2/c11-10-5-1-4-9(13-10)8-3-2-6-12-7-8/h1-5,7,10,12-13H,6H2. The van der Waals surface area contributed by atoms with Crippen LogP contribution in [0.3, 0.4) is 0 Å². The molecule has 1 atom stereocenters. The molecule has 0 aliphatic carbocycles. The molecule has 2 N–H and O–H groups in total. The fourth-order valence-corrected chi connectivity index (χ4v) is 1.73. The number of halogens is 1. The van der Waals surface area contributed by atoms with Crippen LogP contribution in [0.15, 0.2) is 47.9 Å². The van der Waals surface area contributed by atoms with Gasteiger partial charge in [0.1, 0.15) is 4.95 Å². The number of alkyl halides is 1. The highest BCUT2D eigenvalue weighted by molar-refractivity contribution is 9.09. The van der Waals surface area contributed by atoms with E-state index in [2.05, 4.69) is 56.9 Å². The molecule has 2 nitrogen and oxygen atoms in total. The molecule has 13 heavy (non-hydrogen) atoms. The quantitative estimate of drug-likeness (QED) is 0.538. The van der Waals surface area contributed by atoms with Crippen molar-refractivity contribution >= 4 is 15.9 Å². The van der Waals surface area contributed by atoms with E-state index >= 15 is 0 Å². The van der Waals surface area contributed by atoms with Crippen LogP contribution < -0.4 is 10.6 Å². The Morgan fingerprint density at radius 1 is 1.46 bits per heavy atom. The first kappa shape index (κ1) is 8.63. The molecule has 0 amide bonds. The van der Waals surface area contributed by atoms with Crippen molar-refractivity contribution in [2.75, 3.05) is 6.54 Å². The SMILES string of the molecule is BrC1C=CC=C(C2=CNCC=C2)N1. The molecule has 0 saturated heterocycles. The van der Waals surface area contributed by atoms with Crippen molar-refractivity contribution in [1.82, 2.24) is 10.6 Å². The van der Waals surface area contributed by atoms with Crippen molar-refractivity contribution in [3.8, 4) is 0 Å². The highest BCUT2D eigenvalue weighted by atomic mass is 79.9. The predicted octanol–water partition coefficient (Wildman–Crippen LogP) is 1.79. The zero-order valence-electron chi connectivity index (χ0n) is 7.13. The van der Waals surface area contributed by atoms with Crippen LogP contribution in [0.2, 0.25) is 0 Å². The zero-order chi connectivity index (χ0) is 9.10. The van der Waals surface area contributed by atoms with E-state index in [0.29, 0.717) is 0 Å². The van der Waals surface area contributed by atoms with Crippen LogP contribution in [0.25, 0.3) is 0 Å². The second kappa shape index (κ2) is 3.83. The molecule has 0 aromatic heterocycles. The summed E-state index contributed by atoms with van der Waals surface area (Å²) in [7, 11) is 0. The molecule has 2 aliphatic heterocycles. The molecule has 2 rings (SSSR count). The van der Waals surface area contributed by atoms with Gasteiger partial charge in [-0.05, 0) is 6.08 Å². The van der Waals surface area contributed by atoms with Crippen LogP contribution >= 0.6 is 15.9 Å². The van der Waals surface area contributed by atoms with Crippen molar-refractivity contribution in [2.45, 2.75) is 4.95 Å². The first-order chi connectivity index (χ1) is 6.36. The summed E-state index contributed by atoms with van der Waals surface area (Å²) in [4.78, 5) is 0.240. The van der Waals surface area contributed by atoms with E-state index in [9.17, 15) is 0 Å². The van der Waals surface area contributed by atoms with Crippen LogP contribution in [-0.2, 0) is 0 Å². The fourth-order valence-electron chi connectivity index (χ4n) is 1.31. The van der Waals surface area contributed by atoms with E-state index < -0.39 is 0 Å². The fraction of sp³-hybridized carbons (Fsp3) is 0.200. The summed E-state index contributed by atoms with van der Waals surface area (Å²) in [5, 5.41) is 6.50. The van der Waals surface area contributed by atoms with Crippen molar-refractivity contribution in [3.05, 3.63) is 47.9 Å². The highest BCUT2D eigenvalue weighted by Crippen LogP contribution is 2.16. The Morgan fingerprint density at radius 2 is 2.38 bits per heavy atom. The maximum Gasteiger partial charge on any atom is 0.101 e. The molecule has 1 unspecified atom stereocenters.